The van der Waals surface area contributed by atoms with E-state index in [9.17, 15) is 4.79 Å². The third kappa shape index (κ3) is 2.63. The zero-order chi connectivity index (χ0) is 13.9. The molecule has 0 spiro atoms. The lowest BCUT2D eigenvalue weighted by atomic mass is 9.97. The van der Waals surface area contributed by atoms with Gasteiger partial charge in [0.1, 0.15) is 0 Å². The molecule has 0 saturated carbocycles. The Kier molecular flexibility index (Phi) is 3.61. The first kappa shape index (κ1) is 13.0. The number of hydrogen-bond donors (Lipinski definition) is 2. The largest absolute Gasteiger partial charge is 0.385 e. The first-order valence-corrected chi connectivity index (χ1v) is 7.04. The molecule has 0 saturated heterocycles. The van der Waals surface area contributed by atoms with E-state index in [1.54, 1.807) is 12.1 Å². The fraction of sp³-hybridized carbons (Fsp3) is 0.188. The Morgan fingerprint density at radius 2 is 2.05 bits per heavy atom. The second-order valence-corrected chi connectivity index (χ2v) is 5.26. The summed E-state index contributed by atoms with van der Waals surface area (Å²) in [4.78, 5) is 12.4. The predicted octanol–water partition coefficient (Wildman–Crippen LogP) is 3.95. The highest BCUT2D eigenvalue weighted by molar-refractivity contribution is 6.31. The van der Waals surface area contributed by atoms with Gasteiger partial charge in [0.05, 0.1) is 0 Å². The monoisotopic (exact) mass is 286 g/mol. The average Bonchev–Trinajstić information content (AvgIpc) is 2.46. The van der Waals surface area contributed by atoms with E-state index in [1.165, 1.54) is 0 Å². The van der Waals surface area contributed by atoms with Gasteiger partial charge >= 0.3 is 0 Å². The molecule has 1 heterocycles. The van der Waals surface area contributed by atoms with Crippen LogP contribution < -0.4 is 10.6 Å². The van der Waals surface area contributed by atoms with Gasteiger partial charge in [0.15, 0.2) is 0 Å². The lowest BCUT2D eigenvalue weighted by molar-refractivity contribution is 0.102. The van der Waals surface area contributed by atoms with Crippen LogP contribution in [0, 0.1) is 0 Å². The molecule has 0 aromatic heterocycles. The Morgan fingerprint density at radius 3 is 2.90 bits per heavy atom. The van der Waals surface area contributed by atoms with E-state index < -0.39 is 0 Å². The van der Waals surface area contributed by atoms with Crippen LogP contribution in [0.2, 0.25) is 5.02 Å². The van der Waals surface area contributed by atoms with Crippen molar-refractivity contribution in [1.29, 1.82) is 0 Å². The Hall–Kier alpha value is -2.00. The molecule has 20 heavy (non-hydrogen) atoms. The van der Waals surface area contributed by atoms with Gasteiger partial charge in [0.25, 0.3) is 5.91 Å². The molecule has 0 bridgehead atoms. The molecule has 2 N–H and O–H groups in total. The highest BCUT2D eigenvalue weighted by atomic mass is 35.5. The van der Waals surface area contributed by atoms with Gasteiger partial charge in [-0.2, -0.15) is 0 Å². The van der Waals surface area contributed by atoms with E-state index in [0.717, 1.165) is 36.2 Å². The molecule has 0 aliphatic carbocycles. The van der Waals surface area contributed by atoms with Gasteiger partial charge in [0.2, 0.25) is 0 Å². The van der Waals surface area contributed by atoms with Crippen LogP contribution in [0.4, 0.5) is 11.4 Å². The molecule has 2 aromatic carbocycles. The second-order valence-electron chi connectivity index (χ2n) is 4.83. The molecule has 0 atom stereocenters. The van der Waals surface area contributed by atoms with Crippen LogP contribution >= 0.6 is 11.6 Å². The summed E-state index contributed by atoms with van der Waals surface area (Å²) in [5.74, 6) is -0.0900. The van der Waals surface area contributed by atoms with Crippen molar-refractivity contribution in [2.24, 2.45) is 0 Å². The summed E-state index contributed by atoms with van der Waals surface area (Å²) in [7, 11) is 0. The van der Waals surface area contributed by atoms with Crippen LogP contribution in [0.15, 0.2) is 42.5 Å². The Morgan fingerprint density at radius 1 is 1.20 bits per heavy atom. The summed E-state index contributed by atoms with van der Waals surface area (Å²) in [6.45, 7) is 0.965. The van der Waals surface area contributed by atoms with E-state index in [2.05, 4.69) is 10.6 Å². The topological polar surface area (TPSA) is 41.1 Å². The maximum atomic E-state index is 12.4. The Bertz CT molecular complexity index is 655. The maximum absolute atomic E-state index is 12.4. The molecular weight excluding hydrogens is 272 g/mol. The van der Waals surface area contributed by atoms with Crippen molar-refractivity contribution in [3.8, 4) is 0 Å². The van der Waals surface area contributed by atoms with Gasteiger partial charge < -0.3 is 10.6 Å². The van der Waals surface area contributed by atoms with Crippen LogP contribution in [-0.2, 0) is 6.42 Å². The summed E-state index contributed by atoms with van der Waals surface area (Å²) < 4.78 is 0. The standard InChI is InChI=1S/C16H15ClN2O/c17-11-4-1-5-12(10-11)19-16(20)14-6-2-8-15-13(14)7-3-9-18-15/h1-2,4-6,8,10,18H,3,7,9H2,(H,19,20). The van der Waals surface area contributed by atoms with Crippen molar-refractivity contribution in [3.05, 3.63) is 58.6 Å². The number of amides is 1. The van der Waals surface area contributed by atoms with Crippen LogP contribution in [0.3, 0.4) is 0 Å². The molecule has 102 valence electrons. The van der Waals surface area contributed by atoms with E-state index in [1.807, 2.05) is 30.3 Å². The SMILES string of the molecule is O=C(Nc1cccc(Cl)c1)c1cccc2c1CCCN2. The maximum Gasteiger partial charge on any atom is 0.256 e. The van der Waals surface area contributed by atoms with Crippen molar-refractivity contribution < 1.29 is 4.79 Å². The van der Waals surface area contributed by atoms with Gasteiger partial charge in [0, 0.05) is 28.5 Å². The van der Waals surface area contributed by atoms with Crippen LogP contribution in [0.5, 0.6) is 0 Å². The van der Waals surface area contributed by atoms with Gasteiger partial charge in [-0.3, -0.25) is 4.79 Å². The normalized spacial score (nSPS) is 13.2. The molecule has 1 aliphatic rings. The number of fused-ring (bicyclic) bond motifs is 1. The Labute approximate surface area is 123 Å². The number of rotatable bonds is 2. The highest BCUT2D eigenvalue weighted by Gasteiger charge is 2.17. The first-order chi connectivity index (χ1) is 9.74. The lowest BCUT2D eigenvalue weighted by Crippen LogP contribution is -2.19. The third-order valence-electron chi connectivity index (χ3n) is 3.42. The highest BCUT2D eigenvalue weighted by Crippen LogP contribution is 2.26. The summed E-state index contributed by atoms with van der Waals surface area (Å²) in [6.07, 6.45) is 1.98. The van der Waals surface area contributed by atoms with Gasteiger partial charge in [-0.15, -0.1) is 0 Å². The van der Waals surface area contributed by atoms with E-state index >= 15 is 0 Å². The molecule has 4 heteroatoms. The minimum Gasteiger partial charge on any atom is -0.385 e. The quantitative estimate of drug-likeness (QED) is 0.878. The predicted molar refractivity (Wildman–Crippen MR) is 82.7 cm³/mol. The number of carbonyl (C=O) groups excluding carboxylic acids is 1. The summed E-state index contributed by atoms with van der Waals surface area (Å²) in [5.41, 5.74) is 3.60. The molecule has 0 fully saturated rings. The second kappa shape index (κ2) is 5.55. The summed E-state index contributed by atoms with van der Waals surface area (Å²) >= 11 is 5.93. The van der Waals surface area contributed by atoms with Crippen LogP contribution in [-0.4, -0.2) is 12.5 Å². The summed E-state index contributed by atoms with van der Waals surface area (Å²) in [6, 6.07) is 13.0. The van der Waals surface area contributed by atoms with E-state index in [0.29, 0.717) is 10.7 Å². The van der Waals surface area contributed by atoms with Crippen molar-refractivity contribution in [3.63, 3.8) is 0 Å². The Balaban J connectivity index is 1.88. The molecule has 3 rings (SSSR count). The fourth-order valence-electron chi connectivity index (χ4n) is 2.49. The smallest absolute Gasteiger partial charge is 0.256 e. The lowest BCUT2D eigenvalue weighted by Gasteiger charge is -2.20. The van der Waals surface area contributed by atoms with Gasteiger partial charge in [-0.25, -0.2) is 0 Å². The fourth-order valence-corrected chi connectivity index (χ4v) is 2.68. The number of anilines is 2. The third-order valence-corrected chi connectivity index (χ3v) is 3.66. The first-order valence-electron chi connectivity index (χ1n) is 6.67. The minimum absolute atomic E-state index is 0.0900. The number of nitrogens with one attached hydrogen (secondary N) is 2. The van der Waals surface area contributed by atoms with Crippen molar-refractivity contribution in [2.45, 2.75) is 12.8 Å². The van der Waals surface area contributed by atoms with Crippen molar-refractivity contribution in [1.82, 2.24) is 0 Å². The molecular formula is C16H15ClN2O. The number of benzene rings is 2. The van der Waals surface area contributed by atoms with Gasteiger partial charge in [-0.05, 0) is 48.7 Å². The minimum atomic E-state index is -0.0900. The van der Waals surface area contributed by atoms with Crippen molar-refractivity contribution >= 4 is 28.9 Å². The average molecular weight is 287 g/mol. The number of hydrogen-bond acceptors (Lipinski definition) is 2. The van der Waals surface area contributed by atoms with Crippen LogP contribution in [0.25, 0.3) is 0 Å². The number of carbonyl (C=O) groups is 1. The van der Waals surface area contributed by atoms with Gasteiger partial charge in [-0.1, -0.05) is 23.7 Å². The molecule has 0 unspecified atom stereocenters. The molecule has 2 aromatic rings. The summed E-state index contributed by atoms with van der Waals surface area (Å²) in [5, 5.41) is 6.84. The molecule has 1 aliphatic heterocycles. The zero-order valence-electron chi connectivity index (χ0n) is 10.9. The van der Waals surface area contributed by atoms with E-state index in [-0.39, 0.29) is 5.91 Å². The van der Waals surface area contributed by atoms with Crippen LogP contribution in [0.1, 0.15) is 22.3 Å². The molecule has 0 radical (unpaired) electrons. The van der Waals surface area contributed by atoms with E-state index in [4.69, 9.17) is 11.6 Å². The van der Waals surface area contributed by atoms with Crippen molar-refractivity contribution in [2.75, 3.05) is 17.2 Å². The zero-order valence-corrected chi connectivity index (χ0v) is 11.7. The molecule has 3 nitrogen and oxygen atoms in total. The number of halogens is 1. The molecule has 1 amide bonds.